The Labute approximate surface area is 195 Å². The molecule has 4 aliphatic rings. The number of nitrogens with zero attached hydrogens (tertiary/aromatic N) is 2. The number of amides is 2. The molecule has 0 bridgehead atoms. The van der Waals surface area contributed by atoms with Crippen molar-refractivity contribution in [3.05, 3.63) is 53.6 Å². The molecule has 7 nitrogen and oxygen atoms in total. The van der Waals surface area contributed by atoms with E-state index in [0.29, 0.717) is 17.3 Å². The first-order chi connectivity index (χ1) is 15.4. The molecule has 2 saturated heterocycles. The Morgan fingerprint density at radius 1 is 1.25 bits per heavy atom. The van der Waals surface area contributed by atoms with Crippen molar-refractivity contribution in [1.82, 2.24) is 4.90 Å². The van der Waals surface area contributed by atoms with Gasteiger partial charge in [0.1, 0.15) is 12.6 Å². The third-order valence-electron chi connectivity index (χ3n) is 6.73. The number of ether oxygens (including phenoxy) is 1. The van der Waals surface area contributed by atoms with Gasteiger partial charge in [-0.3, -0.25) is 14.4 Å². The first-order valence-electron chi connectivity index (χ1n) is 10.6. The lowest BCUT2D eigenvalue weighted by Crippen LogP contribution is -2.56. The minimum Gasteiger partial charge on any atom is -0.461 e. The second kappa shape index (κ2) is 7.93. The zero-order valence-corrected chi connectivity index (χ0v) is 19.0. The number of aliphatic hydroxyl groups is 1. The highest BCUT2D eigenvalue weighted by Gasteiger charge is 2.71. The first kappa shape index (κ1) is 21.6. The van der Waals surface area contributed by atoms with Gasteiger partial charge in [0.05, 0.1) is 39.9 Å². The Hall–Kier alpha value is -2.29. The second-order valence-corrected chi connectivity index (χ2v) is 10.4. The highest BCUT2D eigenvalue weighted by atomic mass is 35.5. The van der Waals surface area contributed by atoms with Crippen LogP contribution in [0.1, 0.15) is 6.92 Å². The molecule has 4 aliphatic heterocycles. The second-order valence-electron chi connectivity index (χ2n) is 8.48. The molecule has 1 spiro atoms. The van der Waals surface area contributed by atoms with Crippen molar-refractivity contribution in [3.8, 4) is 0 Å². The summed E-state index contributed by atoms with van der Waals surface area (Å²) < 4.78 is 4.40. The van der Waals surface area contributed by atoms with Crippen molar-refractivity contribution in [1.29, 1.82) is 0 Å². The zero-order chi connectivity index (χ0) is 22.6. The molecule has 2 amide bonds. The Kier molecular flexibility index (Phi) is 5.34. The van der Waals surface area contributed by atoms with Gasteiger partial charge >= 0.3 is 5.97 Å². The van der Waals surface area contributed by atoms with Crippen LogP contribution in [0.3, 0.4) is 0 Å². The third-order valence-corrected chi connectivity index (χ3v) is 8.80. The van der Waals surface area contributed by atoms with E-state index in [1.807, 2.05) is 18.2 Å². The van der Waals surface area contributed by atoms with Crippen molar-refractivity contribution in [2.75, 3.05) is 24.7 Å². The molecule has 9 heteroatoms. The number of halogens is 1. The van der Waals surface area contributed by atoms with Crippen LogP contribution in [0, 0.1) is 11.8 Å². The maximum atomic E-state index is 14.1. The molecule has 32 heavy (non-hydrogen) atoms. The maximum absolute atomic E-state index is 14.1. The topological polar surface area (TPSA) is 87.2 Å². The van der Waals surface area contributed by atoms with Crippen LogP contribution in [0.25, 0.3) is 0 Å². The molecule has 1 aromatic rings. The van der Waals surface area contributed by atoms with Gasteiger partial charge in [-0.05, 0) is 19.1 Å². The summed E-state index contributed by atoms with van der Waals surface area (Å²) in [6, 6.07) is 5.61. The van der Waals surface area contributed by atoms with E-state index in [2.05, 4.69) is 0 Å². The number of hydrogen-bond acceptors (Lipinski definition) is 6. The molecule has 0 aromatic heterocycles. The van der Waals surface area contributed by atoms with Gasteiger partial charge in [0, 0.05) is 11.8 Å². The molecule has 0 radical (unpaired) electrons. The van der Waals surface area contributed by atoms with Crippen molar-refractivity contribution >= 4 is 46.8 Å². The van der Waals surface area contributed by atoms with Crippen LogP contribution >= 0.6 is 23.4 Å². The third kappa shape index (κ3) is 2.96. The van der Waals surface area contributed by atoms with Crippen molar-refractivity contribution in [2.45, 2.75) is 29.0 Å². The van der Waals surface area contributed by atoms with Crippen LogP contribution in [0.5, 0.6) is 0 Å². The lowest BCUT2D eigenvalue weighted by Gasteiger charge is -2.37. The SMILES string of the molecule is C[C@H](CO)N1C(=O)[C@@H]2[C@@H]3C(=O)OCC=C[C@@H]3S[C@@]23C=CCN(c2ccccc2Cl)C(=O)C13. The largest absolute Gasteiger partial charge is 0.461 e. The number of aliphatic hydroxyl groups excluding tert-OH is 1. The predicted molar refractivity (Wildman–Crippen MR) is 121 cm³/mol. The molecule has 168 valence electrons. The van der Waals surface area contributed by atoms with Gasteiger partial charge in [-0.25, -0.2) is 0 Å². The van der Waals surface area contributed by atoms with E-state index in [1.165, 1.54) is 16.7 Å². The van der Waals surface area contributed by atoms with Gasteiger partial charge in [0.25, 0.3) is 5.91 Å². The molecule has 0 saturated carbocycles. The van der Waals surface area contributed by atoms with Crippen molar-refractivity contribution in [2.24, 2.45) is 11.8 Å². The molecule has 5 rings (SSSR count). The Balaban J connectivity index is 1.66. The van der Waals surface area contributed by atoms with E-state index in [0.717, 1.165) is 0 Å². The minimum absolute atomic E-state index is 0.176. The molecule has 1 N–H and O–H groups in total. The summed E-state index contributed by atoms with van der Waals surface area (Å²) in [5.74, 6) is -2.44. The molecule has 0 aliphatic carbocycles. The number of anilines is 1. The van der Waals surface area contributed by atoms with Gasteiger partial charge in [0.2, 0.25) is 5.91 Å². The molecule has 4 heterocycles. The van der Waals surface area contributed by atoms with Gasteiger partial charge in [-0.2, -0.15) is 0 Å². The normalized spacial score (nSPS) is 34.5. The predicted octanol–water partition coefficient (Wildman–Crippen LogP) is 2.03. The number of hydrogen-bond donors (Lipinski definition) is 1. The van der Waals surface area contributed by atoms with E-state index < -0.39 is 34.6 Å². The van der Waals surface area contributed by atoms with E-state index >= 15 is 0 Å². The summed E-state index contributed by atoms with van der Waals surface area (Å²) in [6.45, 7) is 1.88. The summed E-state index contributed by atoms with van der Waals surface area (Å²) in [6.07, 6.45) is 7.49. The fourth-order valence-electron chi connectivity index (χ4n) is 5.36. The summed E-state index contributed by atoms with van der Waals surface area (Å²) in [5.41, 5.74) is 0.560. The van der Waals surface area contributed by atoms with Crippen molar-refractivity contribution < 1.29 is 24.2 Å². The average molecular weight is 475 g/mol. The number of carbonyl (C=O) groups excluding carboxylic acids is 3. The lowest BCUT2D eigenvalue weighted by molar-refractivity contribution is -0.152. The van der Waals surface area contributed by atoms with E-state index in [-0.39, 0.29) is 30.3 Å². The summed E-state index contributed by atoms with van der Waals surface area (Å²) in [4.78, 5) is 43.7. The monoisotopic (exact) mass is 474 g/mol. The smallest absolute Gasteiger partial charge is 0.311 e. The quantitative estimate of drug-likeness (QED) is 0.533. The number of rotatable bonds is 3. The number of cyclic esters (lactones) is 1. The number of thioether (sulfide) groups is 1. The van der Waals surface area contributed by atoms with E-state index in [1.54, 1.807) is 42.2 Å². The summed E-state index contributed by atoms with van der Waals surface area (Å²) >= 11 is 7.87. The fourth-order valence-corrected chi connectivity index (χ4v) is 7.58. The fraction of sp³-hybridized carbons (Fsp3) is 0.435. The number of fused-ring (bicyclic) bond motifs is 2. The number of benzene rings is 1. The molecular weight excluding hydrogens is 452 g/mol. The molecular formula is C23H23ClN2O5S. The number of para-hydroxylation sites is 1. The average Bonchev–Trinajstić information content (AvgIpc) is 3.09. The summed E-state index contributed by atoms with van der Waals surface area (Å²) in [7, 11) is 0. The number of esters is 1. The molecule has 1 unspecified atom stereocenters. The van der Waals surface area contributed by atoms with Crippen LogP contribution in [0.4, 0.5) is 5.69 Å². The van der Waals surface area contributed by atoms with Crippen LogP contribution in [-0.4, -0.2) is 69.6 Å². The van der Waals surface area contributed by atoms with Gasteiger partial charge in [0.15, 0.2) is 0 Å². The van der Waals surface area contributed by atoms with Crippen molar-refractivity contribution in [3.63, 3.8) is 0 Å². The molecule has 6 atom stereocenters. The summed E-state index contributed by atoms with van der Waals surface area (Å²) in [5, 5.41) is 10.1. The highest BCUT2D eigenvalue weighted by Crippen LogP contribution is 2.61. The number of likely N-dealkylation sites (tertiary alicyclic amines) is 1. The molecule has 2 fully saturated rings. The standard InChI is InChI=1S/C23H23ClN2O5S/c1-13(12-27)26-19-21(29)25(15-7-3-2-6-14(15)24)10-5-9-23(19)18(20(26)28)17-16(32-23)8-4-11-31-22(17)30/h2-9,13,16-19,27H,10-12H2,1H3/t13-,16+,17-,18+,19?,23+/m1/s1. The Bertz CT molecular complexity index is 1040. The van der Waals surface area contributed by atoms with Gasteiger partial charge in [-0.1, -0.05) is 48.0 Å². The maximum Gasteiger partial charge on any atom is 0.311 e. The zero-order valence-electron chi connectivity index (χ0n) is 17.4. The minimum atomic E-state index is -0.941. The van der Waals surface area contributed by atoms with Crippen LogP contribution < -0.4 is 4.90 Å². The van der Waals surface area contributed by atoms with Crippen LogP contribution in [0.15, 0.2) is 48.6 Å². The van der Waals surface area contributed by atoms with Crippen LogP contribution in [0.2, 0.25) is 5.02 Å². The first-order valence-corrected chi connectivity index (χ1v) is 11.8. The van der Waals surface area contributed by atoms with E-state index in [9.17, 15) is 19.5 Å². The highest BCUT2D eigenvalue weighted by molar-refractivity contribution is 8.02. The van der Waals surface area contributed by atoms with E-state index in [4.69, 9.17) is 16.3 Å². The Morgan fingerprint density at radius 2 is 2.03 bits per heavy atom. The van der Waals surface area contributed by atoms with Gasteiger partial charge in [-0.15, -0.1) is 11.8 Å². The Morgan fingerprint density at radius 3 is 2.78 bits per heavy atom. The van der Waals surface area contributed by atoms with Crippen LogP contribution in [-0.2, 0) is 19.1 Å². The molecule has 1 aromatic carbocycles. The number of carbonyl (C=O) groups is 3. The lowest BCUT2D eigenvalue weighted by atomic mass is 9.78. The van der Waals surface area contributed by atoms with Gasteiger partial charge < -0.3 is 19.6 Å².